The summed E-state index contributed by atoms with van der Waals surface area (Å²) in [7, 11) is 0. The van der Waals surface area contributed by atoms with Crippen LogP contribution in [0.15, 0.2) is 133 Å². The molecule has 6 aromatic carbocycles. The van der Waals surface area contributed by atoms with Crippen molar-refractivity contribution < 1.29 is 0 Å². The van der Waals surface area contributed by atoms with E-state index in [0.29, 0.717) is 0 Å². The first-order chi connectivity index (χ1) is 19.4. The monoisotopic (exact) mass is 492 g/mol. The van der Waals surface area contributed by atoms with Crippen molar-refractivity contribution in [3.63, 3.8) is 0 Å². The Morgan fingerprint density at radius 3 is 0.974 bits per heavy atom. The van der Waals surface area contributed by atoms with Gasteiger partial charge in [-0.15, -0.1) is 0 Å². The van der Waals surface area contributed by atoms with Gasteiger partial charge in [-0.3, -0.25) is 0 Å². The largest absolute Gasteiger partial charge is 0.0648 e. The van der Waals surface area contributed by atoms with Gasteiger partial charge in [-0.25, -0.2) is 0 Å². The van der Waals surface area contributed by atoms with Crippen LogP contribution in [0.1, 0.15) is 44.5 Å². The van der Waals surface area contributed by atoms with Crippen LogP contribution >= 0.6 is 0 Å². The molecule has 6 aromatic rings. The van der Waals surface area contributed by atoms with Crippen molar-refractivity contribution >= 4 is 0 Å². The fourth-order valence-corrected chi connectivity index (χ4v) is 9.18. The third-order valence-corrected chi connectivity index (χ3v) is 10.2. The van der Waals surface area contributed by atoms with Gasteiger partial charge in [0.05, 0.1) is 10.8 Å². The van der Waals surface area contributed by atoms with Gasteiger partial charge < -0.3 is 0 Å². The van der Waals surface area contributed by atoms with Crippen LogP contribution in [0, 0.1) is 0 Å². The molecule has 0 saturated carbocycles. The van der Waals surface area contributed by atoms with Gasteiger partial charge in [0.25, 0.3) is 0 Å². The minimum absolute atomic E-state index is 0.399. The number of hydrogen-bond donors (Lipinski definition) is 0. The van der Waals surface area contributed by atoms with E-state index in [0.717, 1.165) is 6.42 Å². The molecule has 0 N–H and O–H groups in total. The highest BCUT2D eigenvalue weighted by atomic mass is 14.7. The number of hydrogen-bond acceptors (Lipinski definition) is 0. The molecule has 0 saturated heterocycles. The Morgan fingerprint density at radius 2 is 0.615 bits per heavy atom. The van der Waals surface area contributed by atoms with Crippen molar-refractivity contribution in [3.05, 3.63) is 178 Å². The minimum atomic E-state index is -0.399. The van der Waals surface area contributed by atoms with Crippen LogP contribution in [0.2, 0.25) is 0 Å². The molecule has 0 heterocycles. The predicted octanol–water partition coefficient (Wildman–Crippen LogP) is 8.90. The molecule has 0 aliphatic heterocycles. The molecule has 39 heavy (non-hydrogen) atoms. The zero-order valence-electron chi connectivity index (χ0n) is 21.4. The third-order valence-electron chi connectivity index (χ3n) is 10.2. The standard InChI is InChI=1S/C39H24/c1-5-17-30-26(13-1)27-14-2-6-18-31(27)39-33-20-8-4-16-29(33)28-15-3-7-19-32(28)38(30,39)34-21-9-11-24-23-25-12-10-22-35(39)37(25)36(24)34/h1-22H,23H2. The first-order valence-corrected chi connectivity index (χ1v) is 14.0. The first-order valence-electron chi connectivity index (χ1n) is 14.0. The molecule has 0 aromatic heterocycles. The van der Waals surface area contributed by atoms with Crippen LogP contribution in [-0.2, 0) is 17.3 Å². The number of fused-ring (bicyclic) bond motifs is 6. The van der Waals surface area contributed by atoms with Crippen molar-refractivity contribution in [2.24, 2.45) is 0 Å². The molecule has 0 bridgehead atoms. The lowest BCUT2D eigenvalue weighted by atomic mass is 9.38. The summed E-state index contributed by atoms with van der Waals surface area (Å²) in [5.41, 5.74) is 19.1. The fraction of sp³-hybridized carbons (Fsp3) is 0.0769. The third kappa shape index (κ3) is 1.98. The second-order valence-electron chi connectivity index (χ2n) is 11.5. The summed E-state index contributed by atoms with van der Waals surface area (Å²) < 4.78 is 0. The van der Waals surface area contributed by atoms with Gasteiger partial charge in [0, 0.05) is 0 Å². The topological polar surface area (TPSA) is 0 Å². The zero-order chi connectivity index (χ0) is 25.3. The predicted molar refractivity (Wildman–Crippen MR) is 158 cm³/mol. The molecule has 4 aliphatic carbocycles. The van der Waals surface area contributed by atoms with Crippen LogP contribution < -0.4 is 0 Å². The Balaban J connectivity index is 1.59. The van der Waals surface area contributed by atoms with Gasteiger partial charge in [-0.1, -0.05) is 133 Å². The van der Waals surface area contributed by atoms with Gasteiger partial charge in [0.2, 0.25) is 0 Å². The Bertz CT molecular complexity index is 1820. The molecule has 0 heteroatoms. The number of rotatable bonds is 0. The molecule has 0 amide bonds. The number of benzene rings is 6. The Morgan fingerprint density at radius 1 is 0.308 bits per heavy atom. The van der Waals surface area contributed by atoms with Crippen molar-refractivity contribution in [2.75, 3.05) is 0 Å². The Labute approximate surface area is 228 Å². The lowest BCUT2D eigenvalue weighted by Crippen LogP contribution is -2.58. The van der Waals surface area contributed by atoms with E-state index in [9.17, 15) is 0 Å². The van der Waals surface area contributed by atoms with E-state index >= 15 is 0 Å². The van der Waals surface area contributed by atoms with Crippen LogP contribution in [0.3, 0.4) is 0 Å². The van der Waals surface area contributed by atoms with Crippen molar-refractivity contribution in [1.29, 1.82) is 0 Å². The molecule has 4 aliphatic rings. The van der Waals surface area contributed by atoms with E-state index in [-0.39, 0.29) is 0 Å². The van der Waals surface area contributed by atoms with Crippen LogP contribution in [0.25, 0.3) is 33.4 Å². The van der Waals surface area contributed by atoms with E-state index in [1.54, 1.807) is 0 Å². The van der Waals surface area contributed by atoms with Crippen molar-refractivity contribution in [3.8, 4) is 33.4 Å². The minimum Gasteiger partial charge on any atom is -0.0619 e. The maximum atomic E-state index is 2.45. The van der Waals surface area contributed by atoms with Crippen LogP contribution in [-0.4, -0.2) is 0 Å². The average molecular weight is 493 g/mol. The van der Waals surface area contributed by atoms with Gasteiger partial charge in [-0.2, -0.15) is 0 Å². The van der Waals surface area contributed by atoms with Crippen molar-refractivity contribution in [2.45, 2.75) is 17.3 Å². The molecule has 0 unspecified atom stereocenters. The molecule has 0 fully saturated rings. The molecule has 0 radical (unpaired) electrons. The molecule has 180 valence electrons. The quantitative estimate of drug-likeness (QED) is 0.198. The summed E-state index contributed by atoms with van der Waals surface area (Å²) in [6, 6.07) is 51.2. The highest BCUT2D eigenvalue weighted by Gasteiger charge is 2.67. The van der Waals surface area contributed by atoms with E-state index in [1.165, 1.54) is 77.9 Å². The molecular formula is C39H24. The second kappa shape index (κ2) is 6.65. The first kappa shape index (κ1) is 20.3. The fourth-order valence-electron chi connectivity index (χ4n) is 9.18. The SMILES string of the molecule is c1ccc2c(c1)-c1ccccc1C13c4ccccc4-c4ccccc4C21c1cccc2c1-c1c(cccc13)C2. The van der Waals surface area contributed by atoms with Gasteiger partial charge in [-0.05, 0) is 84.3 Å². The van der Waals surface area contributed by atoms with E-state index < -0.39 is 10.8 Å². The Kier molecular flexibility index (Phi) is 3.46. The average Bonchev–Trinajstić information content (AvgIpc) is 3.40. The molecule has 0 nitrogen and oxygen atoms in total. The lowest BCUT2D eigenvalue weighted by Gasteiger charge is -2.62. The van der Waals surface area contributed by atoms with E-state index in [4.69, 9.17) is 0 Å². The van der Waals surface area contributed by atoms with Crippen LogP contribution in [0.4, 0.5) is 0 Å². The molecule has 0 spiro atoms. The summed E-state index contributed by atoms with van der Waals surface area (Å²) in [5, 5.41) is 0. The highest BCUT2D eigenvalue weighted by Crippen LogP contribution is 2.74. The summed E-state index contributed by atoms with van der Waals surface area (Å²) >= 11 is 0. The second-order valence-corrected chi connectivity index (χ2v) is 11.5. The Hall–Kier alpha value is -4.68. The van der Waals surface area contributed by atoms with Crippen LogP contribution in [0.5, 0.6) is 0 Å². The highest BCUT2D eigenvalue weighted by molar-refractivity contribution is 6.00. The molecular weight excluding hydrogens is 468 g/mol. The molecule has 0 atom stereocenters. The van der Waals surface area contributed by atoms with Gasteiger partial charge in [0.15, 0.2) is 0 Å². The summed E-state index contributed by atoms with van der Waals surface area (Å²) in [4.78, 5) is 0. The lowest BCUT2D eigenvalue weighted by molar-refractivity contribution is 0.405. The van der Waals surface area contributed by atoms with Gasteiger partial charge >= 0.3 is 0 Å². The summed E-state index contributed by atoms with van der Waals surface area (Å²) in [6.07, 6.45) is 1.01. The zero-order valence-corrected chi connectivity index (χ0v) is 21.4. The molecule has 10 rings (SSSR count). The maximum Gasteiger partial charge on any atom is 0.0648 e. The normalized spacial score (nSPS) is 21.4. The maximum absolute atomic E-state index is 2.45. The van der Waals surface area contributed by atoms with Gasteiger partial charge in [0.1, 0.15) is 0 Å². The van der Waals surface area contributed by atoms with Crippen molar-refractivity contribution in [1.82, 2.24) is 0 Å². The van der Waals surface area contributed by atoms with E-state index in [2.05, 4.69) is 133 Å². The summed E-state index contributed by atoms with van der Waals surface area (Å²) in [6.45, 7) is 0. The summed E-state index contributed by atoms with van der Waals surface area (Å²) in [5.74, 6) is 0. The van der Waals surface area contributed by atoms with E-state index in [1.807, 2.05) is 0 Å². The smallest absolute Gasteiger partial charge is 0.0619 e.